The van der Waals surface area contributed by atoms with E-state index in [1.807, 2.05) is 26.8 Å². The third-order valence-electron chi connectivity index (χ3n) is 10.7. The minimum atomic E-state index is -4.33. The molecule has 0 aliphatic carbocycles. The predicted molar refractivity (Wildman–Crippen MR) is 216 cm³/mol. The van der Waals surface area contributed by atoms with Gasteiger partial charge in [0.2, 0.25) is 6.61 Å². The molecule has 297 valence electrons. The molecule has 51 heavy (non-hydrogen) atoms. The van der Waals surface area contributed by atoms with E-state index in [0.717, 1.165) is 6.04 Å². The van der Waals surface area contributed by atoms with Crippen molar-refractivity contribution in [1.82, 2.24) is 0 Å². The monoisotopic (exact) mass is 792 g/mol. The molecule has 0 fully saturated rings. The van der Waals surface area contributed by atoms with E-state index < -0.39 is 63.3 Å². The highest BCUT2D eigenvalue weighted by Gasteiger charge is 2.54. The Hall–Kier alpha value is -0.549. The zero-order valence-corrected chi connectivity index (χ0v) is 39.2. The average Bonchev–Trinajstić information content (AvgIpc) is 2.99. The first-order valence-electron chi connectivity index (χ1n) is 18.7. The third kappa shape index (κ3) is 15.6. The van der Waals surface area contributed by atoms with Crippen LogP contribution >= 0.6 is 8.17 Å². The van der Waals surface area contributed by atoms with Crippen LogP contribution in [0.15, 0.2) is 30.3 Å². The molecular formula is C37H75NO9PSi3+2. The van der Waals surface area contributed by atoms with E-state index in [9.17, 15) is 14.8 Å². The Morgan fingerprint density at radius 2 is 1.37 bits per heavy atom. The number of carbonyl (C=O) groups excluding carboxylic acids is 1. The number of benzene rings is 1. The minimum Gasteiger partial charge on any atom is -0.601 e. The van der Waals surface area contributed by atoms with Crippen molar-refractivity contribution in [2.75, 3.05) is 39.5 Å². The maximum absolute atomic E-state index is 14.9. The van der Waals surface area contributed by atoms with Gasteiger partial charge in [0.15, 0.2) is 22.2 Å². The average molecular weight is 793 g/mol. The number of nitrogens with zero attached hydrogens (tertiary/aromatic N) is 1. The number of quaternary nitrogens is 1. The van der Waals surface area contributed by atoms with Crippen LogP contribution in [0.4, 0.5) is 0 Å². The number of carbonyl (C=O) groups is 1. The van der Waals surface area contributed by atoms with E-state index in [0.29, 0.717) is 25.2 Å². The van der Waals surface area contributed by atoms with Crippen LogP contribution in [0.5, 0.6) is 0 Å². The van der Waals surface area contributed by atoms with Crippen LogP contribution < -0.4 is 4.89 Å². The van der Waals surface area contributed by atoms with E-state index in [-0.39, 0.29) is 34.4 Å². The van der Waals surface area contributed by atoms with Gasteiger partial charge in [-0.3, -0.25) is 0 Å². The van der Waals surface area contributed by atoms with Crippen LogP contribution in [0.2, 0.25) is 61.9 Å². The number of aliphatic hydroxyl groups is 1. The second-order valence-electron chi connectivity index (χ2n) is 18.4. The maximum Gasteiger partial charge on any atom is 0.607 e. The summed E-state index contributed by atoms with van der Waals surface area (Å²) in [6, 6.07) is 9.35. The van der Waals surface area contributed by atoms with Crippen molar-refractivity contribution in [3.05, 3.63) is 35.9 Å². The van der Waals surface area contributed by atoms with E-state index in [2.05, 4.69) is 87.4 Å². The highest BCUT2D eigenvalue weighted by atomic mass is 31.2. The number of phosphoric acid groups is 1. The first-order valence-corrected chi connectivity index (χ1v) is 29.7. The van der Waals surface area contributed by atoms with Gasteiger partial charge >= 0.3 is 14.1 Å². The van der Waals surface area contributed by atoms with Crippen LogP contribution in [0.25, 0.3) is 0 Å². The standard InChI is InChI=1S/C37H75NO9PSi3/c1-18-38(19-2,20-3)47-48(41,43-26-27-49(11,12)13)45-33(37(10,40)30-42-34(39)31-24-22-21-23-25-31)28-32(46-51(16,17)36(7,8)9)29-44-50(14,15)35(4,5)6/h21-25,32-33,40H,18-20,26-30H2,1-17H3/q+2/t32-,33-,37-,48?/m1/s1. The molecule has 0 heterocycles. The van der Waals surface area contributed by atoms with Gasteiger partial charge in [-0.05, 0) is 82.1 Å². The summed E-state index contributed by atoms with van der Waals surface area (Å²) in [6.45, 7) is 37.5. The number of hydrogen-bond donors (Lipinski definition) is 1. The molecule has 0 amide bonds. The van der Waals surface area contributed by atoms with E-state index in [1.54, 1.807) is 24.3 Å². The first-order chi connectivity index (χ1) is 23.0. The van der Waals surface area contributed by atoms with Gasteiger partial charge in [0.05, 0.1) is 24.1 Å². The maximum atomic E-state index is 14.9. The van der Waals surface area contributed by atoms with Gasteiger partial charge in [0.25, 0.3) is 0 Å². The molecule has 4 atom stereocenters. The summed E-state index contributed by atoms with van der Waals surface area (Å²) in [5, 5.41) is 12.0. The minimum absolute atomic E-state index is 0.0421. The molecule has 1 aromatic rings. The summed E-state index contributed by atoms with van der Waals surface area (Å²) in [5.41, 5.74) is -1.47. The number of phosphoric ester groups is 1. The second kappa shape index (κ2) is 18.9. The molecule has 0 saturated carbocycles. The van der Waals surface area contributed by atoms with Crippen molar-refractivity contribution in [3.8, 4) is 0 Å². The van der Waals surface area contributed by atoms with E-state index in [4.69, 9.17) is 27.3 Å². The van der Waals surface area contributed by atoms with Gasteiger partial charge in [-0.15, -0.1) is 4.65 Å². The lowest BCUT2D eigenvalue weighted by Gasteiger charge is -2.43. The van der Waals surface area contributed by atoms with Crippen molar-refractivity contribution in [2.45, 2.75) is 155 Å². The molecule has 1 unspecified atom stereocenters. The van der Waals surface area contributed by atoms with Gasteiger partial charge in [0.1, 0.15) is 31.3 Å². The van der Waals surface area contributed by atoms with Gasteiger partial charge in [0, 0.05) is 19.1 Å². The Balaban J connectivity index is 3.76. The number of hydrogen-bond acceptors (Lipinski definition) is 9. The Morgan fingerprint density at radius 3 is 1.82 bits per heavy atom. The Morgan fingerprint density at radius 1 is 0.863 bits per heavy atom. The number of hydroxylamine groups is 3. The quantitative estimate of drug-likeness (QED) is 0.0307. The zero-order chi connectivity index (χ0) is 39.7. The molecule has 14 heteroatoms. The van der Waals surface area contributed by atoms with Gasteiger partial charge in [-0.25, -0.2) is 0 Å². The molecule has 10 nitrogen and oxygen atoms in total. The molecule has 1 N–H and O–H groups in total. The molecule has 1 aromatic carbocycles. The summed E-state index contributed by atoms with van der Waals surface area (Å²) >= 11 is 0. The highest BCUT2D eigenvalue weighted by Crippen LogP contribution is 2.58. The summed E-state index contributed by atoms with van der Waals surface area (Å²) < 4.78 is 38.5. The highest BCUT2D eigenvalue weighted by molar-refractivity contribution is 7.53. The molecule has 1 radical (unpaired) electrons. The van der Waals surface area contributed by atoms with Crippen molar-refractivity contribution in [1.29, 1.82) is 0 Å². The topological polar surface area (TPSA) is 119 Å². The summed E-state index contributed by atoms with van der Waals surface area (Å²) in [5.74, 6) is -0.589. The fourth-order valence-corrected chi connectivity index (χ4v) is 9.75. The molecule has 1 rings (SSSR count). The third-order valence-corrected chi connectivity index (χ3v) is 23.0. The van der Waals surface area contributed by atoms with Crippen LogP contribution in [0.1, 0.15) is 86.0 Å². The normalized spacial score (nSPS) is 17.4. The molecule has 0 saturated heterocycles. The van der Waals surface area contributed by atoms with Crippen LogP contribution in [-0.4, -0.2) is 97.7 Å². The zero-order valence-electron chi connectivity index (χ0n) is 35.3. The molecular weight excluding hydrogens is 718 g/mol. The van der Waals surface area contributed by atoms with Gasteiger partial charge < -0.3 is 23.6 Å². The molecule has 0 spiro atoms. The molecule has 0 aliphatic heterocycles. The fraction of sp³-hybridized carbons (Fsp3) is 0.811. The van der Waals surface area contributed by atoms with Crippen molar-refractivity contribution in [3.63, 3.8) is 0 Å². The number of ether oxygens (including phenoxy) is 1. The van der Waals surface area contributed by atoms with Crippen molar-refractivity contribution in [2.24, 2.45) is 0 Å². The van der Waals surface area contributed by atoms with Gasteiger partial charge in [-0.1, -0.05) is 79.4 Å². The Labute approximate surface area is 315 Å². The molecule has 0 bridgehead atoms. The molecule has 0 aliphatic rings. The fourth-order valence-electron chi connectivity index (χ4n) is 4.62. The predicted octanol–water partition coefficient (Wildman–Crippen LogP) is 8.98. The van der Waals surface area contributed by atoms with Crippen molar-refractivity contribution < 1.29 is 46.7 Å². The van der Waals surface area contributed by atoms with E-state index >= 15 is 0 Å². The van der Waals surface area contributed by atoms with Gasteiger partial charge in [-0.2, -0.15) is 9.05 Å². The SMILES string of the molecule is CC[N+](CC)(CC)O[P+]([O-])(OCC[Si](C)(C)C)O[C@H](C[C@H](CO[Si](C)(C)C(C)(C)C)O[Si](C)(C)C(C)(C)C)[C@](C)(O)COC(=[O+])c1ccccc1. The number of rotatable bonds is 22. The van der Waals surface area contributed by atoms with E-state index in [1.165, 1.54) is 6.92 Å². The summed E-state index contributed by atoms with van der Waals surface area (Å²) in [4.78, 5) is 28.0. The van der Waals surface area contributed by atoms with Crippen LogP contribution in [0, 0.1) is 0 Å². The lowest BCUT2D eigenvalue weighted by molar-refractivity contribution is -1.08. The van der Waals surface area contributed by atoms with Crippen LogP contribution in [0.3, 0.4) is 0 Å². The smallest absolute Gasteiger partial charge is 0.601 e. The summed E-state index contributed by atoms with van der Waals surface area (Å²) in [6.07, 6.45) is -1.64. The van der Waals surface area contributed by atoms with Crippen molar-refractivity contribution >= 4 is 38.8 Å². The lowest BCUT2D eigenvalue weighted by atomic mass is 9.95. The second-order valence-corrected chi connectivity index (χ2v) is 35.1. The first kappa shape index (κ1) is 48.5. The number of esters is 1. The molecule has 0 aromatic heterocycles. The Kier molecular flexibility index (Phi) is 17.9. The largest absolute Gasteiger partial charge is 0.607 e. The lowest BCUT2D eigenvalue weighted by Crippen LogP contribution is -2.54. The Bertz CT molecular complexity index is 1190. The van der Waals surface area contributed by atoms with Crippen LogP contribution in [-0.2, 0) is 27.3 Å². The summed E-state index contributed by atoms with van der Waals surface area (Å²) in [7, 11) is -10.5.